The molecule has 0 amide bonds. The van der Waals surface area contributed by atoms with Gasteiger partial charge in [-0.3, -0.25) is 25.2 Å². The van der Waals surface area contributed by atoms with Gasteiger partial charge < -0.3 is 0 Å². The fraction of sp³-hybridized carbons (Fsp3) is 0.208. The van der Waals surface area contributed by atoms with E-state index in [1.165, 1.54) is 29.8 Å². The molecule has 0 bridgehead atoms. The molecule has 3 aromatic rings. The number of non-ortho nitro benzene ring substituents is 2. The van der Waals surface area contributed by atoms with Crippen molar-refractivity contribution in [3.05, 3.63) is 110 Å². The zero-order chi connectivity index (χ0) is 22.8. The third-order valence-electron chi connectivity index (χ3n) is 5.63. The SMILES string of the molecule is CC(C)c1ccc([C@H]2CC(c3ccc([N+](=O)[O-])cc3)=NN2c2ccc([N+](=O)[O-])cc2)cc1. The van der Waals surface area contributed by atoms with Crippen LogP contribution in [0, 0.1) is 20.2 Å². The van der Waals surface area contributed by atoms with Crippen molar-refractivity contribution in [3.8, 4) is 0 Å². The van der Waals surface area contributed by atoms with Crippen LogP contribution in [-0.4, -0.2) is 15.6 Å². The Balaban J connectivity index is 1.71. The maximum Gasteiger partial charge on any atom is 0.269 e. The first kappa shape index (κ1) is 21.2. The minimum Gasteiger partial charge on any atom is -0.258 e. The number of hydrazone groups is 1. The van der Waals surface area contributed by atoms with Crippen LogP contribution in [0.25, 0.3) is 0 Å². The van der Waals surface area contributed by atoms with E-state index < -0.39 is 9.85 Å². The average Bonchev–Trinajstić information content (AvgIpc) is 3.24. The van der Waals surface area contributed by atoms with E-state index >= 15 is 0 Å². The predicted octanol–water partition coefficient (Wildman–Crippen LogP) is 5.98. The van der Waals surface area contributed by atoms with Crippen molar-refractivity contribution in [1.82, 2.24) is 0 Å². The first-order valence-corrected chi connectivity index (χ1v) is 10.3. The van der Waals surface area contributed by atoms with Crippen molar-refractivity contribution in [3.63, 3.8) is 0 Å². The Kier molecular flexibility index (Phi) is 5.68. The lowest BCUT2D eigenvalue weighted by atomic mass is 9.95. The van der Waals surface area contributed by atoms with Crippen molar-refractivity contribution in [2.75, 3.05) is 5.01 Å². The summed E-state index contributed by atoms with van der Waals surface area (Å²) in [5.74, 6) is 0.422. The van der Waals surface area contributed by atoms with E-state index in [0.29, 0.717) is 12.3 Å². The number of nitrogens with zero attached hydrogens (tertiary/aromatic N) is 4. The van der Waals surface area contributed by atoms with Gasteiger partial charge in [-0.1, -0.05) is 38.1 Å². The molecule has 0 fully saturated rings. The van der Waals surface area contributed by atoms with Crippen molar-refractivity contribution in [2.45, 2.75) is 32.2 Å². The fourth-order valence-corrected chi connectivity index (χ4v) is 3.79. The lowest BCUT2D eigenvalue weighted by Crippen LogP contribution is -2.18. The van der Waals surface area contributed by atoms with Crippen molar-refractivity contribution in [1.29, 1.82) is 0 Å². The van der Waals surface area contributed by atoms with Gasteiger partial charge in [0.15, 0.2) is 0 Å². The Morgan fingerprint density at radius 2 is 1.38 bits per heavy atom. The van der Waals surface area contributed by atoms with Gasteiger partial charge in [0.2, 0.25) is 0 Å². The molecule has 32 heavy (non-hydrogen) atoms. The summed E-state index contributed by atoms with van der Waals surface area (Å²) in [6.45, 7) is 4.28. The van der Waals surface area contributed by atoms with Gasteiger partial charge in [0.25, 0.3) is 11.4 Å². The lowest BCUT2D eigenvalue weighted by Gasteiger charge is -2.24. The van der Waals surface area contributed by atoms with Crippen LogP contribution in [0.1, 0.15) is 48.9 Å². The maximum atomic E-state index is 11.0. The van der Waals surface area contributed by atoms with Crippen LogP contribution in [0.2, 0.25) is 0 Å². The molecule has 8 heteroatoms. The molecule has 0 N–H and O–H groups in total. The highest BCUT2D eigenvalue weighted by atomic mass is 16.6. The van der Waals surface area contributed by atoms with Gasteiger partial charge in [-0.05, 0) is 46.9 Å². The molecule has 8 nitrogen and oxygen atoms in total. The van der Waals surface area contributed by atoms with Gasteiger partial charge in [-0.2, -0.15) is 5.10 Å². The van der Waals surface area contributed by atoms with Crippen LogP contribution in [0.5, 0.6) is 0 Å². The van der Waals surface area contributed by atoms with Gasteiger partial charge >= 0.3 is 0 Å². The standard InChI is InChI=1S/C24H22N4O4/c1-16(2)17-3-5-19(6-4-17)24-15-23(18-7-9-21(10-8-18)27(29)30)25-26(24)20-11-13-22(14-12-20)28(31)32/h3-14,16,24H,15H2,1-2H3/t24-/m1/s1. The van der Waals surface area contributed by atoms with Crippen molar-refractivity contribution >= 4 is 22.8 Å². The second-order valence-corrected chi connectivity index (χ2v) is 8.01. The Labute approximate surface area is 185 Å². The number of nitro benzene ring substituents is 2. The quantitative estimate of drug-likeness (QED) is 0.353. The highest BCUT2D eigenvalue weighted by molar-refractivity contribution is 6.03. The van der Waals surface area contributed by atoms with Crippen LogP contribution in [0.4, 0.5) is 17.1 Å². The normalized spacial score (nSPS) is 15.7. The molecule has 4 rings (SSSR count). The molecule has 1 aliphatic rings. The average molecular weight is 430 g/mol. The molecule has 162 valence electrons. The van der Waals surface area contributed by atoms with Gasteiger partial charge in [0.05, 0.1) is 27.3 Å². The number of hydrogen-bond donors (Lipinski definition) is 0. The topological polar surface area (TPSA) is 102 Å². The van der Waals surface area contributed by atoms with E-state index in [-0.39, 0.29) is 17.4 Å². The predicted molar refractivity (Wildman–Crippen MR) is 123 cm³/mol. The van der Waals surface area contributed by atoms with Gasteiger partial charge in [0.1, 0.15) is 0 Å². The first-order chi connectivity index (χ1) is 15.3. The molecule has 0 saturated heterocycles. The van der Waals surface area contributed by atoms with Crippen LogP contribution in [0.3, 0.4) is 0 Å². The summed E-state index contributed by atoms with van der Waals surface area (Å²) in [5, 5.41) is 28.7. The highest BCUT2D eigenvalue weighted by Crippen LogP contribution is 2.37. The molecule has 1 aliphatic heterocycles. The molecule has 0 saturated carbocycles. The minimum atomic E-state index is -0.429. The summed E-state index contributed by atoms with van der Waals surface area (Å²) < 4.78 is 0. The monoisotopic (exact) mass is 430 g/mol. The third kappa shape index (κ3) is 4.20. The highest BCUT2D eigenvalue weighted by Gasteiger charge is 2.30. The van der Waals surface area contributed by atoms with Gasteiger partial charge in [-0.15, -0.1) is 0 Å². The second-order valence-electron chi connectivity index (χ2n) is 8.01. The molecular weight excluding hydrogens is 408 g/mol. The molecular formula is C24H22N4O4. The van der Waals surface area contributed by atoms with E-state index in [1.807, 2.05) is 5.01 Å². The number of rotatable bonds is 6. The van der Waals surface area contributed by atoms with E-state index in [0.717, 1.165) is 22.5 Å². The zero-order valence-electron chi connectivity index (χ0n) is 17.7. The summed E-state index contributed by atoms with van der Waals surface area (Å²) in [7, 11) is 0. The summed E-state index contributed by atoms with van der Waals surface area (Å²) in [6.07, 6.45) is 0.607. The molecule has 0 spiro atoms. The summed E-state index contributed by atoms with van der Waals surface area (Å²) in [4.78, 5) is 21.2. The number of anilines is 1. The molecule has 0 aromatic heterocycles. The molecule has 3 aromatic carbocycles. The van der Waals surface area contributed by atoms with Gasteiger partial charge in [-0.25, -0.2) is 0 Å². The van der Waals surface area contributed by atoms with E-state index in [9.17, 15) is 20.2 Å². The molecule has 1 heterocycles. The fourth-order valence-electron chi connectivity index (χ4n) is 3.79. The largest absolute Gasteiger partial charge is 0.269 e. The Morgan fingerprint density at radius 3 is 1.88 bits per heavy atom. The van der Waals surface area contributed by atoms with E-state index in [2.05, 4.69) is 38.1 Å². The van der Waals surface area contributed by atoms with Crippen LogP contribution in [0.15, 0.2) is 77.9 Å². The number of hydrogen-bond acceptors (Lipinski definition) is 6. The summed E-state index contributed by atoms with van der Waals surface area (Å²) in [5.41, 5.74) is 4.72. The zero-order valence-corrected chi connectivity index (χ0v) is 17.7. The van der Waals surface area contributed by atoms with Crippen LogP contribution in [-0.2, 0) is 0 Å². The summed E-state index contributed by atoms with van der Waals surface area (Å²) >= 11 is 0. The maximum absolute atomic E-state index is 11.0. The third-order valence-corrected chi connectivity index (χ3v) is 5.63. The van der Waals surface area contributed by atoms with Crippen LogP contribution >= 0.6 is 0 Å². The Bertz CT molecular complexity index is 1170. The van der Waals surface area contributed by atoms with E-state index in [1.54, 1.807) is 24.3 Å². The second kappa shape index (κ2) is 8.58. The van der Waals surface area contributed by atoms with Crippen molar-refractivity contribution < 1.29 is 9.85 Å². The molecule has 1 atom stereocenters. The minimum absolute atomic E-state index is 0.0188. The van der Waals surface area contributed by atoms with Gasteiger partial charge in [0, 0.05) is 30.7 Å². The smallest absolute Gasteiger partial charge is 0.258 e. The van der Waals surface area contributed by atoms with Crippen LogP contribution < -0.4 is 5.01 Å². The van der Waals surface area contributed by atoms with Crippen molar-refractivity contribution in [2.24, 2.45) is 5.10 Å². The molecule has 0 aliphatic carbocycles. The van der Waals surface area contributed by atoms with E-state index in [4.69, 9.17) is 5.10 Å². The number of nitro groups is 2. The molecule has 0 radical (unpaired) electrons. The Hall–Kier alpha value is -4.07. The lowest BCUT2D eigenvalue weighted by molar-refractivity contribution is -0.385. The first-order valence-electron chi connectivity index (χ1n) is 10.3. The number of benzene rings is 3. The summed E-state index contributed by atoms with van der Waals surface area (Å²) in [6, 6.07) is 21.0. The molecule has 0 unspecified atom stereocenters. The Morgan fingerprint density at radius 1 is 0.844 bits per heavy atom.